The predicted molar refractivity (Wildman–Crippen MR) is 53.1 cm³/mol. The molecule has 0 spiro atoms. The third-order valence-electron chi connectivity index (χ3n) is 1.79. The number of pyridine rings is 1. The van der Waals surface area contributed by atoms with Gasteiger partial charge in [0.2, 0.25) is 0 Å². The first-order valence-corrected chi connectivity index (χ1v) is 4.61. The Morgan fingerprint density at radius 2 is 2.15 bits per heavy atom. The van der Waals surface area contributed by atoms with Crippen LogP contribution in [0.3, 0.4) is 0 Å². The molecule has 0 saturated carbocycles. The molecule has 1 aromatic rings. The van der Waals surface area contributed by atoms with Gasteiger partial charge < -0.3 is 4.74 Å². The van der Waals surface area contributed by atoms with Crippen LogP contribution in [-0.2, 0) is 4.74 Å². The van der Waals surface area contributed by atoms with Crippen molar-refractivity contribution in [2.45, 2.75) is 0 Å². The molecular formula is C9H7Cl2NO. The maximum absolute atomic E-state index is 5.84. The summed E-state index contributed by atoms with van der Waals surface area (Å²) in [5.74, 6) is 0. The zero-order valence-electron chi connectivity index (χ0n) is 6.76. The highest BCUT2D eigenvalue weighted by Crippen LogP contribution is 2.22. The van der Waals surface area contributed by atoms with Gasteiger partial charge in [-0.05, 0) is 12.1 Å². The minimum Gasteiger partial charge on any atom is -0.373 e. The zero-order valence-corrected chi connectivity index (χ0v) is 8.27. The molecule has 0 N–H and O–H groups in total. The standard InChI is InChI=1S/C9H7Cl2NO/c10-7-3-8(12-9(11)4-7)6-1-2-13-5-6/h1,3-4H,2,5H2. The highest BCUT2D eigenvalue weighted by atomic mass is 35.5. The van der Waals surface area contributed by atoms with E-state index in [4.69, 9.17) is 27.9 Å². The van der Waals surface area contributed by atoms with Crippen LogP contribution in [0.2, 0.25) is 10.2 Å². The molecule has 0 radical (unpaired) electrons. The molecule has 0 unspecified atom stereocenters. The fraction of sp³-hybridized carbons (Fsp3) is 0.222. The fourth-order valence-corrected chi connectivity index (χ4v) is 1.67. The van der Waals surface area contributed by atoms with Gasteiger partial charge in [0.1, 0.15) is 5.15 Å². The lowest BCUT2D eigenvalue weighted by atomic mass is 10.2. The van der Waals surface area contributed by atoms with Gasteiger partial charge in [0.05, 0.1) is 18.9 Å². The van der Waals surface area contributed by atoms with Gasteiger partial charge in [0.15, 0.2) is 0 Å². The molecule has 1 aliphatic rings. The van der Waals surface area contributed by atoms with Crippen molar-refractivity contribution in [2.75, 3.05) is 13.2 Å². The van der Waals surface area contributed by atoms with Crippen LogP contribution in [0.25, 0.3) is 5.57 Å². The number of rotatable bonds is 1. The molecule has 2 heterocycles. The second kappa shape index (κ2) is 3.66. The van der Waals surface area contributed by atoms with E-state index in [1.165, 1.54) is 0 Å². The van der Waals surface area contributed by atoms with Gasteiger partial charge in [0, 0.05) is 10.6 Å². The Balaban J connectivity index is 2.39. The molecule has 2 rings (SSSR count). The third-order valence-corrected chi connectivity index (χ3v) is 2.20. The summed E-state index contributed by atoms with van der Waals surface area (Å²) in [7, 11) is 0. The van der Waals surface area contributed by atoms with E-state index in [0.717, 1.165) is 11.3 Å². The topological polar surface area (TPSA) is 22.1 Å². The smallest absolute Gasteiger partial charge is 0.131 e. The van der Waals surface area contributed by atoms with Crippen LogP contribution in [0.5, 0.6) is 0 Å². The van der Waals surface area contributed by atoms with Crippen LogP contribution in [0.4, 0.5) is 0 Å². The Hall–Kier alpha value is -0.570. The van der Waals surface area contributed by atoms with Gasteiger partial charge in [-0.2, -0.15) is 0 Å². The molecule has 1 aromatic heterocycles. The van der Waals surface area contributed by atoms with E-state index >= 15 is 0 Å². The first kappa shape index (κ1) is 9.00. The fourth-order valence-electron chi connectivity index (χ4n) is 1.20. The van der Waals surface area contributed by atoms with Gasteiger partial charge in [-0.1, -0.05) is 29.3 Å². The lowest BCUT2D eigenvalue weighted by molar-refractivity contribution is 0.216. The van der Waals surface area contributed by atoms with Crippen molar-refractivity contribution in [1.82, 2.24) is 4.98 Å². The van der Waals surface area contributed by atoms with Crippen molar-refractivity contribution >= 4 is 28.8 Å². The zero-order chi connectivity index (χ0) is 9.26. The SMILES string of the molecule is Clc1cc(Cl)nc(C2=CCOC2)c1. The maximum atomic E-state index is 5.84. The van der Waals surface area contributed by atoms with Gasteiger partial charge >= 0.3 is 0 Å². The highest BCUT2D eigenvalue weighted by Gasteiger charge is 2.10. The molecule has 0 bridgehead atoms. The summed E-state index contributed by atoms with van der Waals surface area (Å²) in [4.78, 5) is 4.15. The normalized spacial score (nSPS) is 16.0. The van der Waals surface area contributed by atoms with Gasteiger partial charge in [-0.15, -0.1) is 0 Å². The average Bonchev–Trinajstić information content (AvgIpc) is 2.53. The van der Waals surface area contributed by atoms with Gasteiger partial charge in [0.25, 0.3) is 0 Å². The highest BCUT2D eigenvalue weighted by molar-refractivity contribution is 6.34. The molecule has 0 fully saturated rings. The number of hydrogen-bond acceptors (Lipinski definition) is 2. The summed E-state index contributed by atoms with van der Waals surface area (Å²) in [5, 5.41) is 1.01. The number of nitrogens with zero attached hydrogens (tertiary/aromatic N) is 1. The van der Waals surface area contributed by atoms with Crippen molar-refractivity contribution in [3.05, 3.63) is 34.1 Å². The minimum absolute atomic E-state index is 0.412. The van der Waals surface area contributed by atoms with Crippen LogP contribution in [0, 0.1) is 0 Å². The molecule has 0 aliphatic carbocycles. The van der Waals surface area contributed by atoms with Crippen molar-refractivity contribution in [3.63, 3.8) is 0 Å². The Bertz CT molecular complexity index is 342. The molecule has 13 heavy (non-hydrogen) atoms. The number of aromatic nitrogens is 1. The Morgan fingerprint density at radius 1 is 1.31 bits per heavy atom. The molecular weight excluding hydrogens is 209 g/mol. The quantitative estimate of drug-likeness (QED) is 0.673. The van der Waals surface area contributed by atoms with E-state index < -0.39 is 0 Å². The molecule has 0 saturated heterocycles. The summed E-state index contributed by atoms with van der Waals surface area (Å²) < 4.78 is 5.17. The minimum atomic E-state index is 0.412. The summed E-state index contributed by atoms with van der Waals surface area (Å²) in [6, 6.07) is 3.40. The van der Waals surface area contributed by atoms with Crippen molar-refractivity contribution in [3.8, 4) is 0 Å². The predicted octanol–water partition coefficient (Wildman–Crippen LogP) is 2.80. The van der Waals surface area contributed by atoms with Gasteiger partial charge in [-0.3, -0.25) is 0 Å². The molecule has 0 atom stereocenters. The van der Waals surface area contributed by atoms with E-state index in [2.05, 4.69) is 4.98 Å². The lowest BCUT2D eigenvalue weighted by Gasteiger charge is -2.01. The third kappa shape index (κ3) is 2.02. The van der Waals surface area contributed by atoms with E-state index in [-0.39, 0.29) is 0 Å². The second-order valence-electron chi connectivity index (χ2n) is 2.74. The van der Waals surface area contributed by atoms with E-state index in [9.17, 15) is 0 Å². The largest absolute Gasteiger partial charge is 0.373 e. The Kier molecular flexibility index (Phi) is 2.54. The molecule has 2 nitrogen and oxygen atoms in total. The molecule has 1 aliphatic heterocycles. The van der Waals surface area contributed by atoms with Crippen molar-refractivity contribution in [2.24, 2.45) is 0 Å². The van der Waals surface area contributed by atoms with Crippen LogP contribution in [0.15, 0.2) is 18.2 Å². The molecule has 0 amide bonds. The maximum Gasteiger partial charge on any atom is 0.131 e. The van der Waals surface area contributed by atoms with Crippen molar-refractivity contribution in [1.29, 1.82) is 0 Å². The number of halogens is 2. The van der Waals surface area contributed by atoms with Crippen LogP contribution < -0.4 is 0 Å². The Labute approximate surface area is 86.1 Å². The number of ether oxygens (including phenoxy) is 1. The monoisotopic (exact) mass is 215 g/mol. The van der Waals surface area contributed by atoms with Crippen molar-refractivity contribution < 1.29 is 4.74 Å². The summed E-state index contributed by atoms with van der Waals surface area (Å²) in [6.07, 6.45) is 1.98. The number of hydrogen-bond donors (Lipinski definition) is 0. The van der Waals surface area contributed by atoms with Gasteiger partial charge in [-0.25, -0.2) is 4.98 Å². The molecule has 0 aromatic carbocycles. The average molecular weight is 216 g/mol. The Morgan fingerprint density at radius 3 is 2.77 bits per heavy atom. The molecule has 68 valence electrons. The second-order valence-corrected chi connectivity index (χ2v) is 3.56. The summed E-state index contributed by atoms with van der Waals surface area (Å²) in [5.41, 5.74) is 1.85. The first-order valence-electron chi connectivity index (χ1n) is 3.86. The van der Waals surface area contributed by atoms with E-state index in [0.29, 0.717) is 23.4 Å². The van der Waals surface area contributed by atoms with E-state index in [1.54, 1.807) is 12.1 Å². The lowest BCUT2D eigenvalue weighted by Crippen LogP contribution is -1.92. The van der Waals surface area contributed by atoms with E-state index in [1.807, 2.05) is 6.08 Å². The van der Waals surface area contributed by atoms with Crippen LogP contribution in [0.1, 0.15) is 5.69 Å². The first-order chi connectivity index (χ1) is 6.25. The molecule has 4 heteroatoms. The summed E-state index contributed by atoms with van der Waals surface area (Å²) >= 11 is 11.6. The summed E-state index contributed by atoms with van der Waals surface area (Å²) in [6.45, 7) is 1.23. The van der Waals surface area contributed by atoms with Crippen LogP contribution >= 0.6 is 23.2 Å². The van der Waals surface area contributed by atoms with Crippen LogP contribution in [-0.4, -0.2) is 18.2 Å².